The van der Waals surface area contributed by atoms with Crippen LogP contribution in [0.25, 0.3) is 0 Å². The van der Waals surface area contributed by atoms with Crippen molar-refractivity contribution in [2.75, 3.05) is 0 Å². The molecule has 0 amide bonds. The summed E-state index contributed by atoms with van der Waals surface area (Å²) in [6, 6.07) is 13.5. The summed E-state index contributed by atoms with van der Waals surface area (Å²) in [6.07, 6.45) is 15.0. The van der Waals surface area contributed by atoms with Crippen molar-refractivity contribution in [3.63, 3.8) is 0 Å². The van der Waals surface area contributed by atoms with Crippen LogP contribution in [-0.4, -0.2) is 25.8 Å². The van der Waals surface area contributed by atoms with E-state index >= 15 is 0 Å². The van der Waals surface area contributed by atoms with Gasteiger partial charge in [0.15, 0.2) is 0 Å². The number of halogens is 4. The Balaban J connectivity index is 0. The summed E-state index contributed by atoms with van der Waals surface area (Å²) in [4.78, 5) is 8.62. The fourth-order valence-corrected chi connectivity index (χ4v) is 11.4. The number of rotatable bonds is 8. The Morgan fingerprint density at radius 3 is 1.33 bits per heavy atom. The summed E-state index contributed by atoms with van der Waals surface area (Å²) in [5.74, 6) is 2.05. The van der Waals surface area contributed by atoms with Gasteiger partial charge in [-0.2, -0.15) is 0 Å². The summed E-state index contributed by atoms with van der Waals surface area (Å²) >= 11 is -3.64. The van der Waals surface area contributed by atoms with Gasteiger partial charge in [-0.3, -0.25) is 0 Å². The predicted molar refractivity (Wildman–Crippen MR) is 210 cm³/mol. The second kappa shape index (κ2) is 19.7. The van der Waals surface area contributed by atoms with Crippen LogP contribution < -0.4 is 17.0 Å². The Morgan fingerprint density at radius 1 is 0.622 bits per heavy atom. The third kappa shape index (κ3) is 13.7. The van der Waals surface area contributed by atoms with Crippen LogP contribution in [0.3, 0.4) is 0 Å². The summed E-state index contributed by atoms with van der Waals surface area (Å²) in [7, 11) is -2.82. The molecule has 0 saturated carbocycles. The monoisotopic (exact) mass is 798 g/mol. The fourth-order valence-electron chi connectivity index (χ4n) is 4.56. The molecule has 0 unspecified atom stereocenters. The van der Waals surface area contributed by atoms with Crippen molar-refractivity contribution in [2.45, 2.75) is 85.2 Å². The SMILES string of the molecule is Cl.Cl.Cl.Cl.[CH2]=[Ti]([O]c1cc(C)cc([Si](C)(C)C(C)(C)C)c1)[C]1=CC=CC1.[CH2]=[Ti]([O]c1cc(C)cc([Si](C)(C)C)c1)[C]1=CC=CC1. The molecule has 2 aromatic carbocycles. The van der Waals surface area contributed by atoms with Crippen LogP contribution in [-0.2, 0) is 35.6 Å². The van der Waals surface area contributed by atoms with Gasteiger partial charge >= 0.3 is 267 Å². The normalized spacial score (nSPS) is 13.4. The van der Waals surface area contributed by atoms with Crippen molar-refractivity contribution < 1.29 is 42.2 Å². The molecule has 0 N–H and O–H groups in total. The molecule has 0 atom stereocenters. The molecule has 0 spiro atoms. The van der Waals surface area contributed by atoms with Crippen molar-refractivity contribution in [3.05, 3.63) is 91.7 Å². The van der Waals surface area contributed by atoms with E-state index in [0.29, 0.717) is 5.04 Å². The molecule has 2 nitrogen and oxygen atoms in total. The Kier molecular flexibility index (Phi) is 20.5. The maximum absolute atomic E-state index is 6.30. The summed E-state index contributed by atoms with van der Waals surface area (Å²) in [6.45, 7) is 23.4. The van der Waals surface area contributed by atoms with E-state index in [2.05, 4.69) is 150 Å². The quantitative estimate of drug-likeness (QED) is 0.248. The number of benzene rings is 2. The van der Waals surface area contributed by atoms with Gasteiger partial charge in [0.2, 0.25) is 0 Å². The molecule has 0 saturated heterocycles. The van der Waals surface area contributed by atoms with Gasteiger partial charge in [0.05, 0.1) is 0 Å². The van der Waals surface area contributed by atoms with E-state index in [9.17, 15) is 0 Å². The van der Waals surface area contributed by atoms with E-state index < -0.39 is 51.7 Å². The van der Waals surface area contributed by atoms with Gasteiger partial charge in [0.1, 0.15) is 0 Å². The van der Waals surface area contributed by atoms with Crippen LogP contribution >= 0.6 is 49.6 Å². The Labute approximate surface area is 313 Å². The van der Waals surface area contributed by atoms with Crippen LogP contribution in [0, 0.1) is 13.8 Å². The first-order valence-electron chi connectivity index (χ1n) is 14.7. The molecule has 0 heterocycles. The van der Waals surface area contributed by atoms with Crippen molar-refractivity contribution >= 4 is 85.8 Å². The van der Waals surface area contributed by atoms with Crippen molar-refractivity contribution in [2.24, 2.45) is 0 Å². The summed E-state index contributed by atoms with van der Waals surface area (Å²) in [5, 5.41) is 3.28. The summed E-state index contributed by atoms with van der Waals surface area (Å²) < 4.78 is 15.3. The van der Waals surface area contributed by atoms with Crippen molar-refractivity contribution in [1.82, 2.24) is 0 Å². The predicted octanol–water partition coefficient (Wildman–Crippen LogP) is 10.3. The molecule has 0 aliphatic heterocycles. The molecule has 2 aromatic rings. The Hall–Kier alpha value is -0.238. The third-order valence-corrected chi connectivity index (χ3v) is 20.7. The van der Waals surface area contributed by atoms with Crippen LogP contribution in [0.4, 0.5) is 0 Å². The first-order valence-corrected chi connectivity index (χ1v) is 26.2. The maximum atomic E-state index is 6.30. The topological polar surface area (TPSA) is 18.5 Å². The van der Waals surface area contributed by atoms with Crippen molar-refractivity contribution in [3.8, 4) is 11.5 Å². The molecular formula is C35H54Cl4O2Si2Ti2. The first-order chi connectivity index (χ1) is 19.0. The molecule has 0 fully saturated rings. The van der Waals surface area contributed by atoms with Crippen LogP contribution in [0.15, 0.2) is 80.6 Å². The van der Waals surface area contributed by atoms with Crippen LogP contribution in [0.5, 0.6) is 11.5 Å². The van der Waals surface area contributed by atoms with Gasteiger partial charge in [0, 0.05) is 0 Å². The molecule has 0 radical (unpaired) electrons. The molecule has 45 heavy (non-hydrogen) atoms. The van der Waals surface area contributed by atoms with Crippen LogP contribution in [0.1, 0.15) is 44.7 Å². The minimum atomic E-state index is -1.84. The number of hydrogen-bond donors (Lipinski definition) is 0. The number of aryl methyl sites for hydroxylation is 2. The molecule has 2 aliphatic rings. The average Bonchev–Trinajstić information content (AvgIpc) is 3.57. The fraction of sp³-hybridized carbons (Fsp3) is 0.371. The van der Waals surface area contributed by atoms with Gasteiger partial charge in [0.25, 0.3) is 0 Å². The number of hydrogen-bond acceptors (Lipinski definition) is 2. The molecule has 10 heteroatoms. The Bertz CT molecular complexity index is 1450. The van der Waals surface area contributed by atoms with Gasteiger partial charge in [-0.1, -0.05) is 0 Å². The molecule has 0 aromatic heterocycles. The Morgan fingerprint density at radius 2 is 1.00 bits per heavy atom. The molecule has 0 bridgehead atoms. The van der Waals surface area contributed by atoms with E-state index in [4.69, 9.17) is 6.64 Å². The van der Waals surface area contributed by atoms with E-state index in [-0.39, 0.29) is 49.6 Å². The summed E-state index contributed by atoms with van der Waals surface area (Å²) in [5.41, 5.74) is 2.58. The van der Waals surface area contributed by atoms with E-state index in [0.717, 1.165) is 24.3 Å². The third-order valence-electron chi connectivity index (χ3n) is 8.31. The standard InChI is InChI=1S/C13H22OSi.C10H16OSi.2C5H5.2CH2.4ClH.2Ti/c1-10-7-11(14)9-12(8-10)15(5,6)13(2,3)4;1-8-5-9(11)7-10(6-8)12(2,3)4;2*1-2-4-5-3-1;;;;;;;;/h7-9,14H,1-6H3;5-7,11H,1-4H3;2*1-3H,4H2;2*1H2;4*1H;;/q;;;;;;;;;;2*+1/p-2. The van der Waals surface area contributed by atoms with E-state index in [1.807, 2.05) is 0 Å². The van der Waals surface area contributed by atoms with Crippen molar-refractivity contribution in [1.29, 1.82) is 0 Å². The average molecular weight is 801 g/mol. The zero-order chi connectivity index (χ0) is 30.6. The molecular weight excluding hydrogens is 746 g/mol. The van der Waals surface area contributed by atoms with Gasteiger partial charge in [-0.05, 0) is 0 Å². The zero-order valence-electron chi connectivity index (χ0n) is 28.7. The van der Waals surface area contributed by atoms with E-state index in [1.165, 1.54) is 29.3 Å². The van der Waals surface area contributed by atoms with Gasteiger partial charge in [-0.25, -0.2) is 0 Å². The van der Waals surface area contributed by atoms with E-state index in [1.54, 1.807) is 0 Å². The first kappa shape index (κ1) is 46.9. The van der Waals surface area contributed by atoms with Crippen LogP contribution in [0.2, 0.25) is 37.8 Å². The molecule has 4 rings (SSSR count). The second-order valence-electron chi connectivity index (χ2n) is 13.9. The molecule has 2 aliphatic carbocycles. The number of allylic oxidation sites excluding steroid dienone is 8. The second-order valence-corrected chi connectivity index (χ2v) is 29.6. The zero-order valence-corrected chi connectivity index (χ0v) is 37.1. The minimum absolute atomic E-state index is 0. The molecule has 250 valence electrons. The van der Waals surface area contributed by atoms with Gasteiger partial charge in [-0.15, -0.1) is 49.6 Å². The van der Waals surface area contributed by atoms with Gasteiger partial charge < -0.3 is 0 Å².